The second-order valence-corrected chi connectivity index (χ2v) is 6.01. The van der Waals surface area contributed by atoms with Crippen LogP contribution in [0.25, 0.3) is 0 Å². The molecule has 0 radical (unpaired) electrons. The van der Waals surface area contributed by atoms with Crippen LogP contribution in [-0.4, -0.2) is 37.1 Å². The van der Waals surface area contributed by atoms with Gasteiger partial charge in [-0.3, -0.25) is 4.90 Å². The molecule has 2 nitrogen and oxygen atoms in total. The first-order valence-corrected chi connectivity index (χ1v) is 7.17. The highest BCUT2D eigenvalue weighted by Gasteiger charge is 2.34. The summed E-state index contributed by atoms with van der Waals surface area (Å²) in [5, 5.41) is 3.55. The summed E-state index contributed by atoms with van der Waals surface area (Å²) in [5.74, 6) is 2.60. The number of piperidine rings is 2. The van der Waals surface area contributed by atoms with Gasteiger partial charge in [0, 0.05) is 12.6 Å². The number of hydrogen-bond donors (Lipinski definition) is 1. The van der Waals surface area contributed by atoms with E-state index in [1.807, 2.05) is 0 Å². The molecule has 2 fully saturated rings. The molecule has 16 heavy (non-hydrogen) atoms. The van der Waals surface area contributed by atoms with Crippen molar-refractivity contribution in [3.63, 3.8) is 0 Å². The van der Waals surface area contributed by atoms with Gasteiger partial charge in [-0.05, 0) is 50.2 Å². The van der Waals surface area contributed by atoms with Crippen molar-refractivity contribution in [2.75, 3.05) is 26.2 Å². The molecule has 3 atom stereocenters. The zero-order valence-electron chi connectivity index (χ0n) is 11.2. The van der Waals surface area contributed by atoms with Crippen LogP contribution in [0.15, 0.2) is 0 Å². The van der Waals surface area contributed by atoms with Gasteiger partial charge in [0.25, 0.3) is 0 Å². The van der Waals surface area contributed by atoms with Gasteiger partial charge in [-0.2, -0.15) is 0 Å². The average molecular weight is 224 g/mol. The van der Waals surface area contributed by atoms with Crippen LogP contribution < -0.4 is 5.32 Å². The first kappa shape index (κ1) is 12.4. The van der Waals surface area contributed by atoms with Crippen LogP contribution in [0.2, 0.25) is 0 Å². The molecule has 2 saturated heterocycles. The third-order valence-electron chi connectivity index (χ3n) is 4.65. The van der Waals surface area contributed by atoms with Crippen molar-refractivity contribution in [2.24, 2.45) is 17.8 Å². The molecule has 2 aliphatic rings. The first-order valence-electron chi connectivity index (χ1n) is 7.17. The molecular weight excluding hydrogens is 196 g/mol. The standard InChI is InChI=1S/C14H28N2/c1-4-13-6-5-7-16(10-13)14-11(2)8-15-9-12(14)3/h11-15H,4-10H2,1-3H3. The Balaban J connectivity index is 1.98. The SMILES string of the molecule is CCC1CCCN(C2C(C)CNCC2C)C1. The molecule has 1 N–H and O–H groups in total. The lowest BCUT2D eigenvalue weighted by Gasteiger charge is -2.46. The molecule has 0 aromatic heterocycles. The highest BCUT2D eigenvalue weighted by Crippen LogP contribution is 2.28. The van der Waals surface area contributed by atoms with Crippen molar-refractivity contribution >= 4 is 0 Å². The summed E-state index contributed by atoms with van der Waals surface area (Å²) in [6, 6.07) is 0.829. The lowest BCUT2D eigenvalue weighted by molar-refractivity contribution is 0.0419. The van der Waals surface area contributed by atoms with Crippen LogP contribution in [0.4, 0.5) is 0 Å². The molecule has 2 heterocycles. The fraction of sp³-hybridized carbons (Fsp3) is 1.00. The van der Waals surface area contributed by atoms with Crippen molar-refractivity contribution in [1.29, 1.82) is 0 Å². The van der Waals surface area contributed by atoms with Crippen molar-refractivity contribution in [1.82, 2.24) is 10.2 Å². The van der Waals surface area contributed by atoms with Crippen LogP contribution in [0.3, 0.4) is 0 Å². The number of rotatable bonds is 2. The molecule has 0 aliphatic carbocycles. The van der Waals surface area contributed by atoms with Gasteiger partial charge >= 0.3 is 0 Å². The van der Waals surface area contributed by atoms with E-state index >= 15 is 0 Å². The molecule has 0 aromatic carbocycles. The second kappa shape index (κ2) is 5.50. The van der Waals surface area contributed by atoms with Crippen molar-refractivity contribution in [2.45, 2.75) is 46.1 Å². The fourth-order valence-electron chi connectivity index (χ4n) is 3.76. The predicted molar refractivity (Wildman–Crippen MR) is 69.6 cm³/mol. The summed E-state index contributed by atoms with van der Waals surface area (Å²) in [4.78, 5) is 2.80. The Kier molecular flexibility index (Phi) is 4.26. The van der Waals surface area contributed by atoms with Gasteiger partial charge in [0.15, 0.2) is 0 Å². The van der Waals surface area contributed by atoms with E-state index < -0.39 is 0 Å². The Morgan fingerprint density at radius 2 is 1.88 bits per heavy atom. The monoisotopic (exact) mass is 224 g/mol. The average Bonchev–Trinajstić information content (AvgIpc) is 2.29. The minimum atomic E-state index is 0.819. The molecule has 0 amide bonds. The summed E-state index contributed by atoms with van der Waals surface area (Å²) in [6.07, 6.45) is 4.24. The molecule has 0 saturated carbocycles. The minimum Gasteiger partial charge on any atom is -0.316 e. The summed E-state index contributed by atoms with van der Waals surface area (Å²) in [7, 11) is 0. The zero-order valence-corrected chi connectivity index (χ0v) is 11.2. The Morgan fingerprint density at radius 3 is 2.50 bits per heavy atom. The maximum absolute atomic E-state index is 3.55. The largest absolute Gasteiger partial charge is 0.316 e. The van der Waals surface area contributed by atoms with Crippen molar-refractivity contribution < 1.29 is 0 Å². The van der Waals surface area contributed by atoms with E-state index in [9.17, 15) is 0 Å². The first-order chi connectivity index (χ1) is 7.72. The molecular formula is C14H28N2. The zero-order chi connectivity index (χ0) is 11.5. The molecule has 0 bridgehead atoms. The molecule has 0 aromatic rings. The quantitative estimate of drug-likeness (QED) is 0.774. The van der Waals surface area contributed by atoms with Crippen LogP contribution in [-0.2, 0) is 0 Å². The molecule has 0 spiro atoms. The van der Waals surface area contributed by atoms with Crippen LogP contribution in [0.1, 0.15) is 40.0 Å². The van der Waals surface area contributed by atoms with Gasteiger partial charge in [0.1, 0.15) is 0 Å². The normalized spacial score (nSPS) is 42.2. The second-order valence-electron chi connectivity index (χ2n) is 6.01. The minimum absolute atomic E-state index is 0.819. The molecule has 2 aliphatic heterocycles. The Labute approximate surface area is 101 Å². The number of hydrogen-bond acceptors (Lipinski definition) is 2. The van der Waals surface area contributed by atoms with Gasteiger partial charge < -0.3 is 5.32 Å². The fourth-order valence-corrected chi connectivity index (χ4v) is 3.76. The van der Waals surface area contributed by atoms with E-state index in [0.717, 1.165) is 23.8 Å². The van der Waals surface area contributed by atoms with E-state index in [2.05, 4.69) is 31.0 Å². The van der Waals surface area contributed by atoms with Crippen LogP contribution >= 0.6 is 0 Å². The topological polar surface area (TPSA) is 15.3 Å². The van der Waals surface area contributed by atoms with Gasteiger partial charge in [0.2, 0.25) is 0 Å². The van der Waals surface area contributed by atoms with Crippen LogP contribution in [0, 0.1) is 17.8 Å². The van der Waals surface area contributed by atoms with Gasteiger partial charge in [0.05, 0.1) is 0 Å². The third-order valence-corrected chi connectivity index (χ3v) is 4.65. The maximum atomic E-state index is 3.55. The highest BCUT2D eigenvalue weighted by molar-refractivity contribution is 4.90. The van der Waals surface area contributed by atoms with Crippen molar-refractivity contribution in [3.8, 4) is 0 Å². The number of likely N-dealkylation sites (tertiary alicyclic amines) is 1. The van der Waals surface area contributed by atoms with Gasteiger partial charge in [-0.1, -0.05) is 27.2 Å². The molecule has 94 valence electrons. The number of nitrogens with zero attached hydrogens (tertiary/aromatic N) is 1. The summed E-state index contributed by atoms with van der Waals surface area (Å²) >= 11 is 0. The summed E-state index contributed by atoms with van der Waals surface area (Å²) in [5.41, 5.74) is 0. The van der Waals surface area contributed by atoms with Gasteiger partial charge in [-0.25, -0.2) is 0 Å². The lowest BCUT2D eigenvalue weighted by Crippen LogP contribution is -2.55. The maximum Gasteiger partial charge on any atom is 0.0171 e. The third kappa shape index (κ3) is 2.60. The number of nitrogens with one attached hydrogen (secondary N) is 1. The van der Waals surface area contributed by atoms with E-state index in [1.165, 1.54) is 45.4 Å². The summed E-state index contributed by atoms with van der Waals surface area (Å²) in [6.45, 7) is 12.3. The Bertz CT molecular complexity index is 207. The van der Waals surface area contributed by atoms with E-state index in [0.29, 0.717) is 0 Å². The Morgan fingerprint density at radius 1 is 1.19 bits per heavy atom. The van der Waals surface area contributed by atoms with Gasteiger partial charge in [-0.15, -0.1) is 0 Å². The van der Waals surface area contributed by atoms with E-state index in [4.69, 9.17) is 0 Å². The highest BCUT2D eigenvalue weighted by atomic mass is 15.2. The Hall–Kier alpha value is -0.0800. The smallest absolute Gasteiger partial charge is 0.0171 e. The van der Waals surface area contributed by atoms with E-state index in [1.54, 1.807) is 0 Å². The van der Waals surface area contributed by atoms with E-state index in [-0.39, 0.29) is 0 Å². The molecule has 2 heteroatoms. The molecule has 3 unspecified atom stereocenters. The van der Waals surface area contributed by atoms with Crippen LogP contribution in [0.5, 0.6) is 0 Å². The predicted octanol–water partition coefficient (Wildman–Crippen LogP) is 2.35. The lowest BCUT2D eigenvalue weighted by atomic mass is 9.83. The van der Waals surface area contributed by atoms with Crippen molar-refractivity contribution in [3.05, 3.63) is 0 Å². The summed E-state index contributed by atoms with van der Waals surface area (Å²) < 4.78 is 0. The molecule has 2 rings (SSSR count).